The second-order valence-corrected chi connectivity index (χ2v) is 7.10. The van der Waals surface area contributed by atoms with Gasteiger partial charge in [0.2, 0.25) is 0 Å². The summed E-state index contributed by atoms with van der Waals surface area (Å²) in [5, 5.41) is 2.05. The molecule has 1 saturated heterocycles. The maximum atomic E-state index is 6.27. The third kappa shape index (κ3) is 3.63. The molecule has 0 amide bonds. The highest BCUT2D eigenvalue weighted by atomic mass is 35.5. The highest BCUT2D eigenvalue weighted by Crippen LogP contribution is 2.24. The average molecular weight is 352 g/mol. The molecule has 2 heterocycles. The Morgan fingerprint density at radius 3 is 2.56 bits per heavy atom. The van der Waals surface area contributed by atoms with E-state index < -0.39 is 0 Å². The maximum Gasteiger partial charge on any atom is 0.0705 e. The first kappa shape index (κ1) is 16.4. The zero-order valence-electron chi connectivity index (χ0n) is 14.5. The van der Waals surface area contributed by atoms with Crippen LogP contribution in [0.1, 0.15) is 11.3 Å². The number of hydrogen-bond donors (Lipinski definition) is 0. The Hall–Kier alpha value is -2.10. The molecule has 4 rings (SSSR count). The van der Waals surface area contributed by atoms with E-state index in [1.165, 1.54) is 11.1 Å². The van der Waals surface area contributed by atoms with Crippen LogP contribution >= 0.6 is 11.6 Å². The van der Waals surface area contributed by atoms with Gasteiger partial charge in [-0.15, -0.1) is 0 Å². The van der Waals surface area contributed by atoms with Crippen LogP contribution in [0.3, 0.4) is 0 Å². The van der Waals surface area contributed by atoms with E-state index in [-0.39, 0.29) is 0 Å². The summed E-state index contributed by atoms with van der Waals surface area (Å²) >= 11 is 6.27. The van der Waals surface area contributed by atoms with Crippen molar-refractivity contribution in [2.75, 3.05) is 31.1 Å². The molecule has 3 aromatic rings. The summed E-state index contributed by atoms with van der Waals surface area (Å²) in [5.41, 5.74) is 4.57. The minimum Gasteiger partial charge on any atom is -0.369 e. The van der Waals surface area contributed by atoms with Gasteiger partial charge < -0.3 is 4.90 Å². The Bertz CT molecular complexity index is 885. The van der Waals surface area contributed by atoms with Crippen LogP contribution in [0, 0.1) is 6.92 Å². The number of benzene rings is 2. The van der Waals surface area contributed by atoms with E-state index in [9.17, 15) is 0 Å². The van der Waals surface area contributed by atoms with Crippen LogP contribution in [0.25, 0.3) is 10.9 Å². The topological polar surface area (TPSA) is 19.4 Å². The molecule has 25 heavy (non-hydrogen) atoms. The van der Waals surface area contributed by atoms with Gasteiger partial charge in [-0.2, -0.15) is 0 Å². The lowest BCUT2D eigenvalue weighted by Gasteiger charge is -2.36. The molecule has 1 aliphatic heterocycles. The fourth-order valence-electron chi connectivity index (χ4n) is 3.37. The Morgan fingerprint density at radius 1 is 0.960 bits per heavy atom. The first-order chi connectivity index (χ1) is 12.2. The second-order valence-electron chi connectivity index (χ2n) is 6.69. The summed E-state index contributed by atoms with van der Waals surface area (Å²) in [6.07, 6.45) is 0. The molecule has 4 heteroatoms. The standard InChI is InChI=1S/C21H22ClN3/c1-16-6-9-19(14-20(16)22)25-12-10-24(11-13-25)15-18-8-7-17-4-2-3-5-21(17)23-18/h2-9,14H,10-13,15H2,1H3. The molecule has 0 saturated carbocycles. The Morgan fingerprint density at radius 2 is 1.76 bits per heavy atom. The summed E-state index contributed by atoms with van der Waals surface area (Å²) in [6.45, 7) is 7.08. The van der Waals surface area contributed by atoms with Gasteiger partial charge >= 0.3 is 0 Å². The van der Waals surface area contributed by atoms with Crippen LogP contribution in [0.5, 0.6) is 0 Å². The van der Waals surface area contributed by atoms with E-state index in [1.807, 2.05) is 13.0 Å². The number of aryl methyl sites for hydroxylation is 1. The van der Waals surface area contributed by atoms with Crippen molar-refractivity contribution in [3.8, 4) is 0 Å². The molecule has 1 aromatic heterocycles. The lowest BCUT2D eigenvalue weighted by molar-refractivity contribution is 0.247. The largest absolute Gasteiger partial charge is 0.369 e. The van der Waals surface area contributed by atoms with Crippen LogP contribution in [-0.2, 0) is 6.54 Å². The van der Waals surface area contributed by atoms with E-state index in [2.05, 4.69) is 58.3 Å². The zero-order chi connectivity index (χ0) is 17.2. The number of rotatable bonds is 3. The Kier molecular flexibility index (Phi) is 4.60. The van der Waals surface area contributed by atoms with E-state index in [1.54, 1.807) is 0 Å². The number of nitrogens with zero attached hydrogens (tertiary/aromatic N) is 3. The van der Waals surface area contributed by atoms with Crippen LogP contribution < -0.4 is 4.90 Å². The van der Waals surface area contributed by atoms with Crippen LogP contribution in [0.4, 0.5) is 5.69 Å². The molecule has 0 bridgehead atoms. The van der Waals surface area contributed by atoms with Crippen molar-refractivity contribution in [3.05, 3.63) is 70.9 Å². The molecule has 1 fully saturated rings. The van der Waals surface area contributed by atoms with Crippen molar-refractivity contribution in [2.24, 2.45) is 0 Å². The summed E-state index contributed by atoms with van der Waals surface area (Å²) in [5.74, 6) is 0. The predicted molar refractivity (Wildman–Crippen MR) is 105 cm³/mol. The number of piperazine rings is 1. The highest BCUT2D eigenvalue weighted by Gasteiger charge is 2.18. The summed E-state index contributed by atoms with van der Waals surface area (Å²) in [7, 11) is 0. The van der Waals surface area contributed by atoms with Gasteiger partial charge in [0.15, 0.2) is 0 Å². The number of halogens is 1. The van der Waals surface area contributed by atoms with Crippen LogP contribution in [0.2, 0.25) is 5.02 Å². The first-order valence-electron chi connectivity index (χ1n) is 8.77. The minimum atomic E-state index is 0.847. The number of aromatic nitrogens is 1. The molecule has 3 nitrogen and oxygen atoms in total. The van der Waals surface area contributed by atoms with E-state index in [0.717, 1.165) is 54.5 Å². The molecule has 1 aliphatic rings. The molecule has 128 valence electrons. The monoisotopic (exact) mass is 351 g/mol. The SMILES string of the molecule is Cc1ccc(N2CCN(Cc3ccc4ccccc4n3)CC2)cc1Cl. The minimum absolute atomic E-state index is 0.847. The van der Waals surface area contributed by atoms with Gasteiger partial charge in [0.1, 0.15) is 0 Å². The van der Waals surface area contributed by atoms with Crippen molar-refractivity contribution < 1.29 is 0 Å². The predicted octanol–water partition coefficient (Wildman–Crippen LogP) is 4.52. The quantitative estimate of drug-likeness (QED) is 0.691. The molecule has 0 spiro atoms. The van der Waals surface area contributed by atoms with Gasteiger partial charge in [0.05, 0.1) is 11.2 Å². The fourth-order valence-corrected chi connectivity index (χ4v) is 3.54. The molecule has 0 atom stereocenters. The van der Waals surface area contributed by atoms with Crippen molar-refractivity contribution in [2.45, 2.75) is 13.5 Å². The second kappa shape index (κ2) is 7.03. The molecular weight excluding hydrogens is 330 g/mol. The average Bonchev–Trinajstić information content (AvgIpc) is 2.65. The van der Waals surface area contributed by atoms with Crippen LogP contribution in [-0.4, -0.2) is 36.1 Å². The summed E-state index contributed by atoms with van der Waals surface area (Å²) < 4.78 is 0. The molecule has 2 aromatic carbocycles. The van der Waals surface area contributed by atoms with Gasteiger partial charge in [-0.25, -0.2) is 0 Å². The number of pyridine rings is 1. The van der Waals surface area contributed by atoms with Gasteiger partial charge in [0.25, 0.3) is 0 Å². The normalized spacial score (nSPS) is 15.7. The van der Waals surface area contributed by atoms with E-state index >= 15 is 0 Å². The molecule has 0 N–H and O–H groups in total. The maximum absolute atomic E-state index is 6.27. The number of hydrogen-bond acceptors (Lipinski definition) is 3. The Balaban J connectivity index is 1.40. The van der Waals surface area contributed by atoms with Crippen molar-refractivity contribution in [1.29, 1.82) is 0 Å². The third-order valence-corrected chi connectivity index (χ3v) is 5.34. The van der Waals surface area contributed by atoms with Crippen LogP contribution in [0.15, 0.2) is 54.6 Å². The number of fused-ring (bicyclic) bond motifs is 1. The van der Waals surface area contributed by atoms with E-state index in [0.29, 0.717) is 0 Å². The van der Waals surface area contributed by atoms with E-state index in [4.69, 9.17) is 16.6 Å². The smallest absolute Gasteiger partial charge is 0.0705 e. The van der Waals surface area contributed by atoms with Gasteiger partial charge in [-0.1, -0.05) is 41.9 Å². The van der Waals surface area contributed by atoms with Gasteiger partial charge in [-0.05, 0) is 36.8 Å². The molecule has 0 unspecified atom stereocenters. The molecule has 0 aliphatic carbocycles. The molecular formula is C21H22ClN3. The van der Waals surface area contributed by atoms with Gasteiger partial charge in [0, 0.05) is 48.8 Å². The fraction of sp³-hybridized carbons (Fsp3) is 0.286. The Labute approximate surface area is 153 Å². The third-order valence-electron chi connectivity index (χ3n) is 4.93. The number of anilines is 1. The first-order valence-corrected chi connectivity index (χ1v) is 9.15. The summed E-state index contributed by atoms with van der Waals surface area (Å²) in [4.78, 5) is 9.68. The zero-order valence-corrected chi connectivity index (χ0v) is 15.2. The van der Waals surface area contributed by atoms with Crippen molar-refractivity contribution >= 4 is 28.2 Å². The lowest BCUT2D eigenvalue weighted by Crippen LogP contribution is -2.46. The summed E-state index contributed by atoms with van der Waals surface area (Å²) in [6, 6.07) is 19.0. The molecule has 0 radical (unpaired) electrons. The lowest BCUT2D eigenvalue weighted by atomic mass is 10.2. The van der Waals surface area contributed by atoms with Crippen molar-refractivity contribution in [1.82, 2.24) is 9.88 Å². The van der Waals surface area contributed by atoms with Crippen molar-refractivity contribution in [3.63, 3.8) is 0 Å². The van der Waals surface area contributed by atoms with Gasteiger partial charge in [-0.3, -0.25) is 9.88 Å². The highest BCUT2D eigenvalue weighted by molar-refractivity contribution is 6.31. The number of para-hydroxylation sites is 1.